The highest BCUT2D eigenvalue weighted by atomic mass is 19.4. The molecule has 1 aliphatic carbocycles. The van der Waals surface area contributed by atoms with Crippen molar-refractivity contribution in [1.29, 1.82) is 0 Å². The van der Waals surface area contributed by atoms with Crippen molar-refractivity contribution in [3.63, 3.8) is 0 Å². The normalized spacial score (nSPS) is 18.2. The molecule has 1 aromatic heterocycles. The Morgan fingerprint density at radius 1 is 1.16 bits per heavy atom. The van der Waals surface area contributed by atoms with E-state index in [1.165, 1.54) is 32.2 Å². The van der Waals surface area contributed by atoms with Crippen LogP contribution in [0.4, 0.5) is 22.0 Å². The number of carbonyl (C=O) groups is 1. The van der Waals surface area contributed by atoms with Crippen LogP contribution in [0.25, 0.3) is 11.3 Å². The Morgan fingerprint density at radius 2 is 1.91 bits per heavy atom. The van der Waals surface area contributed by atoms with Gasteiger partial charge < -0.3 is 19.7 Å². The Hall–Kier alpha value is -4.26. The number of ether oxygens (including phenoxy) is 1. The molecule has 13 heteroatoms. The van der Waals surface area contributed by atoms with E-state index in [4.69, 9.17) is 19.0 Å². The van der Waals surface area contributed by atoms with Crippen molar-refractivity contribution in [2.45, 2.75) is 57.4 Å². The number of allylic oxidation sites excluding steroid dienone is 2. The minimum Gasteiger partial charge on any atom is -0.494 e. The van der Waals surface area contributed by atoms with Crippen molar-refractivity contribution in [3.8, 4) is 17.1 Å². The first kappa shape index (κ1) is 31.7. The van der Waals surface area contributed by atoms with Crippen LogP contribution >= 0.6 is 0 Å². The number of alkyl halides is 3. The molecular formula is C30H32F5N3O5. The number of benzene rings is 2. The fourth-order valence-corrected chi connectivity index (χ4v) is 5.02. The second-order valence-electron chi connectivity index (χ2n) is 10.0. The van der Waals surface area contributed by atoms with Gasteiger partial charge in [-0.3, -0.25) is 9.42 Å². The van der Waals surface area contributed by atoms with E-state index >= 15 is 4.39 Å². The second-order valence-corrected chi connectivity index (χ2v) is 10.0. The minimum atomic E-state index is -4.85. The Kier molecular flexibility index (Phi) is 9.53. The van der Waals surface area contributed by atoms with E-state index in [0.717, 1.165) is 27.9 Å². The molecule has 2 N–H and O–H groups in total. The highest BCUT2D eigenvalue weighted by molar-refractivity contribution is 5.66. The number of halogens is 5. The molecular weight excluding hydrogens is 577 g/mol. The van der Waals surface area contributed by atoms with Crippen LogP contribution in [-0.4, -0.2) is 39.9 Å². The van der Waals surface area contributed by atoms with Crippen LogP contribution in [-0.2, 0) is 17.5 Å². The summed E-state index contributed by atoms with van der Waals surface area (Å²) in [7, 11) is 1.29. The van der Waals surface area contributed by atoms with Crippen molar-refractivity contribution >= 4 is 5.97 Å². The summed E-state index contributed by atoms with van der Waals surface area (Å²) in [4.78, 5) is 12.1. The largest absolute Gasteiger partial charge is 0.494 e. The van der Waals surface area contributed by atoms with Gasteiger partial charge in [-0.1, -0.05) is 43.4 Å². The third-order valence-electron chi connectivity index (χ3n) is 7.38. The maximum atomic E-state index is 15.5. The molecule has 0 fully saturated rings. The number of carboxylic acids is 1. The van der Waals surface area contributed by atoms with Crippen LogP contribution in [0.5, 0.6) is 5.75 Å². The molecule has 1 aliphatic rings. The zero-order chi connectivity index (χ0) is 31.4. The summed E-state index contributed by atoms with van der Waals surface area (Å²) in [5, 5.41) is 12.4. The Labute approximate surface area is 244 Å². The van der Waals surface area contributed by atoms with Crippen molar-refractivity contribution in [3.05, 3.63) is 89.2 Å². The maximum absolute atomic E-state index is 15.5. The van der Waals surface area contributed by atoms with Gasteiger partial charge in [0.05, 0.1) is 36.0 Å². The summed E-state index contributed by atoms with van der Waals surface area (Å²) in [6.45, 7) is 2.94. The van der Waals surface area contributed by atoms with Crippen LogP contribution in [0, 0.1) is 18.6 Å². The Bertz CT molecular complexity index is 1560. The first-order valence-corrected chi connectivity index (χ1v) is 13.6. The molecule has 2 atom stereocenters. The molecule has 43 heavy (non-hydrogen) atoms. The molecule has 3 aromatic rings. The molecule has 4 rings (SSSR count). The van der Waals surface area contributed by atoms with Gasteiger partial charge in [-0.25, -0.2) is 8.78 Å². The molecule has 0 amide bonds. The lowest BCUT2D eigenvalue weighted by molar-refractivity contribution is -0.139. The molecule has 8 nitrogen and oxygen atoms in total. The molecule has 0 saturated heterocycles. The number of aliphatic carboxylic acids is 1. The van der Waals surface area contributed by atoms with Gasteiger partial charge in [-0.05, 0) is 55.5 Å². The van der Waals surface area contributed by atoms with Crippen molar-refractivity contribution in [1.82, 2.24) is 15.0 Å². The van der Waals surface area contributed by atoms with Crippen molar-refractivity contribution in [2.24, 2.45) is 0 Å². The number of hydrogen-bond donors (Lipinski definition) is 2. The number of nitrogens with one attached hydrogen (secondary N) is 1. The van der Waals surface area contributed by atoms with E-state index in [9.17, 15) is 22.4 Å². The molecule has 232 valence electrons. The first-order valence-electron chi connectivity index (χ1n) is 13.6. The SMILES string of the molecule is CC[C@@]1(NCCCC(=O)O)C=CC=CC1n1oc(-c2cccc(OC)c2F)c(C)n(Cc2c(F)cccc2C(F)(F)F)o1. The van der Waals surface area contributed by atoms with Crippen LogP contribution in [0.1, 0.15) is 49.0 Å². The van der Waals surface area contributed by atoms with Gasteiger partial charge in [-0.2, -0.15) is 17.9 Å². The van der Waals surface area contributed by atoms with E-state index in [2.05, 4.69) is 5.32 Å². The van der Waals surface area contributed by atoms with Crippen LogP contribution < -0.4 is 10.1 Å². The molecule has 2 aromatic carbocycles. The monoisotopic (exact) mass is 609 g/mol. The van der Waals surface area contributed by atoms with Gasteiger partial charge >= 0.3 is 12.1 Å². The molecule has 0 bridgehead atoms. The van der Waals surface area contributed by atoms with Gasteiger partial charge in [0, 0.05) is 12.0 Å². The van der Waals surface area contributed by atoms with Crippen LogP contribution in [0.15, 0.2) is 69.9 Å². The predicted molar refractivity (Wildman–Crippen MR) is 147 cm³/mol. The Balaban J connectivity index is 1.91. The summed E-state index contributed by atoms with van der Waals surface area (Å²) in [5.74, 6) is -3.01. The minimum absolute atomic E-state index is 0.0626. The fourth-order valence-electron chi connectivity index (χ4n) is 5.02. The van der Waals surface area contributed by atoms with Gasteiger partial charge in [0.15, 0.2) is 17.3 Å². The number of aromatic nitrogens is 2. The molecule has 0 saturated carbocycles. The van der Waals surface area contributed by atoms with E-state index in [-0.39, 0.29) is 29.2 Å². The van der Waals surface area contributed by atoms with E-state index < -0.39 is 53.0 Å². The first-order chi connectivity index (χ1) is 20.4. The lowest BCUT2D eigenvalue weighted by atomic mass is 9.84. The van der Waals surface area contributed by atoms with Gasteiger partial charge in [0.1, 0.15) is 11.9 Å². The highest BCUT2D eigenvalue weighted by Gasteiger charge is 2.39. The van der Waals surface area contributed by atoms with Gasteiger partial charge in [0.2, 0.25) is 0 Å². The summed E-state index contributed by atoms with van der Waals surface area (Å²) < 4.78 is 90.3. The maximum Gasteiger partial charge on any atom is 0.416 e. The van der Waals surface area contributed by atoms with E-state index in [1.807, 2.05) is 13.0 Å². The molecule has 0 aliphatic heterocycles. The van der Waals surface area contributed by atoms with Crippen molar-refractivity contribution in [2.75, 3.05) is 13.7 Å². The average Bonchev–Trinajstić information content (AvgIpc) is 2.97. The zero-order valence-corrected chi connectivity index (χ0v) is 23.8. The molecule has 1 heterocycles. The third-order valence-corrected chi connectivity index (χ3v) is 7.38. The number of methoxy groups -OCH3 is 1. The predicted octanol–water partition coefficient (Wildman–Crippen LogP) is 7.20. The van der Waals surface area contributed by atoms with Gasteiger partial charge in [-0.15, -0.1) is 0 Å². The molecule has 0 spiro atoms. The lowest BCUT2D eigenvalue weighted by Crippen LogP contribution is -2.50. The summed E-state index contributed by atoms with van der Waals surface area (Å²) in [6, 6.07) is 6.21. The topological polar surface area (TPSA) is 94.7 Å². The zero-order valence-electron chi connectivity index (χ0n) is 23.8. The number of nitrogens with zero attached hydrogens (tertiary/aromatic N) is 2. The Morgan fingerprint density at radius 3 is 2.58 bits per heavy atom. The quantitative estimate of drug-likeness (QED) is 0.176. The highest BCUT2D eigenvalue weighted by Crippen LogP contribution is 2.38. The molecule has 0 radical (unpaired) electrons. The average molecular weight is 610 g/mol. The van der Waals surface area contributed by atoms with Crippen molar-refractivity contribution < 1.29 is 45.7 Å². The number of carboxylic acid groups (broad SMARTS) is 1. The lowest BCUT2D eigenvalue weighted by Gasteiger charge is -2.38. The van der Waals surface area contributed by atoms with Gasteiger partial charge in [0.25, 0.3) is 0 Å². The van der Waals surface area contributed by atoms with Crippen LogP contribution in [0.3, 0.4) is 0 Å². The van der Waals surface area contributed by atoms with E-state index in [0.29, 0.717) is 19.4 Å². The van der Waals surface area contributed by atoms with Crippen LogP contribution in [0.2, 0.25) is 0 Å². The second kappa shape index (κ2) is 12.9. The van der Waals surface area contributed by atoms with E-state index in [1.54, 1.807) is 18.2 Å². The summed E-state index contributed by atoms with van der Waals surface area (Å²) >= 11 is 0. The summed E-state index contributed by atoms with van der Waals surface area (Å²) in [5.41, 5.74) is -2.73. The number of rotatable bonds is 11. The standard InChI is InChI=1S/C30H32F5N3O5/c1-4-29(36-17-9-15-26(39)40)16-6-5-14-25(29)38-42-28(20-10-7-13-24(41-3)27(20)32)19(2)37(43-38)18-21-22(30(33,34)35)11-8-12-23(21)31/h5-8,10-14,16,25,36H,4,9,15,17-18H2,1-3H3,(H,39,40)/t25?,29-/m1/s1. The third kappa shape index (κ3) is 6.71. The summed E-state index contributed by atoms with van der Waals surface area (Å²) in [6.07, 6.45) is 2.91. The molecule has 1 unspecified atom stereocenters. The number of hydrogen-bond acceptors (Lipinski definition) is 5. The smallest absolute Gasteiger partial charge is 0.416 e. The fraction of sp³-hybridized carbons (Fsp3) is 0.367.